The van der Waals surface area contributed by atoms with Gasteiger partial charge in [0.05, 0.1) is 15.8 Å². The molecule has 1 aromatic rings. The molecule has 0 bridgehead atoms. The van der Waals surface area contributed by atoms with Crippen molar-refractivity contribution < 1.29 is 27.5 Å². The Morgan fingerprint density at radius 3 is 2.16 bits per heavy atom. The van der Waals surface area contributed by atoms with Crippen LogP contribution >= 0.6 is 0 Å². The molecule has 0 atom stereocenters. The Balaban J connectivity index is 1.98. The number of hydrogen-bond acceptors (Lipinski definition) is 8. The normalized spacial score (nSPS) is 19.5. The standard InChI is InChI=1S/C22H30N2O6S/c1-15(2)31(27,28)19-10-9-16(24-11-7-5-6-8-12-24)13-18(19)23-14-17-20(25)29-22(3,4)30-21(17)26/h9-10,13-15,23H,5-8,11-12H2,1-4H3. The second kappa shape index (κ2) is 8.90. The van der Waals surface area contributed by atoms with Crippen LogP contribution in [0.5, 0.6) is 0 Å². The smallest absolute Gasteiger partial charge is 0.350 e. The minimum atomic E-state index is -3.60. The van der Waals surface area contributed by atoms with Crippen LogP contribution < -0.4 is 10.2 Å². The number of cyclic esters (lactones) is 2. The van der Waals surface area contributed by atoms with Crippen molar-refractivity contribution in [1.29, 1.82) is 0 Å². The highest BCUT2D eigenvalue weighted by molar-refractivity contribution is 7.92. The summed E-state index contributed by atoms with van der Waals surface area (Å²) in [5.41, 5.74) is 0.862. The minimum absolute atomic E-state index is 0.107. The van der Waals surface area contributed by atoms with Crippen molar-refractivity contribution in [3.63, 3.8) is 0 Å². The fraction of sp³-hybridized carbons (Fsp3) is 0.545. The highest BCUT2D eigenvalue weighted by Gasteiger charge is 2.39. The number of ether oxygens (including phenoxy) is 2. The van der Waals surface area contributed by atoms with Gasteiger partial charge in [0.25, 0.3) is 5.79 Å². The van der Waals surface area contributed by atoms with E-state index in [1.807, 2.05) is 6.07 Å². The number of anilines is 2. The maximum Gasteiger partial charge on any atom is 0.350 e. The zero-order valence-corrected chi connectivity index (χ0v) is 19.3. The van der Waals surface area contributed by atoms with Crippen LogP contribution in [-0.2, 0) is 28.9 Å². The highest BCUT2D eigenvalue weighted by Crippen LogP contribution is 2.31. The van der Waals surface area contributed by atoms with Gasteiger partial charge in [-0.1, -0.05) is 12.8 Å². The lowest BCUT2D eigenvalue weighted by atomic mass is 10.2. The number of carbonyl (C=O) groups is 2. The number of benzene rings is 1. The number of nitrogens with zero attached hydrogens (tertiary/aromatic N) is 1. The summed E-state index contributed by atoms with van der Waals surface area (Å²) in [5, 5.41) is 2.23. The molecule has 8 nitrogen and oxygen atoms in total. The van der Waals surface area contributed by atoms with Crippen molar-refractivity contribution in [3.05, 3.63) is 30.0 Å². The largest absolute Gasteiger partial charge is 0.419 e. The number of nitrogens with one attached hydrogen (secondary N) is 1. The molecule has 2 saturated heterocycles. The molecule has 2 aliphatic rings. The third-order valence-corrected chi connectivity index (χ3v) is 7.56. The summed E-state index contributed by atoms with van der Waals surface area (Å²) in [7, 11) is -3.60. The van der Waals surface area contributed by atoms with E-state index >= 15 is 0 Å². The quantitative estimate of drug-likeness (QED) is 0.414. The Hall–Kier alpha value is -2.55. The van der Waals surface area contributed by atoms with Gasteiger partial charge >= 0.3 is 11.9 Å². The molecule has 31 heavy (non-hydrogen) atoms. The molecule has 170 valence electrons. The molecule has 0 aliphatic carbocycles. The third-order valence-electron chi connectivity index (χ3n) is 5.35. The molecule has 2 heterocycles. The summed E-state index contributed by atoms with van der Waals surface area (Å²) in [6, 6.07) is 5.14. The molecule has 0 amide bonds. The third kappa shape index (κ3) is 5.20. The first-order valence-electron chi connectivity index (χ1n) is 10.6. The first-order chi connectivity index (χ1) is 14.5. The van der Waals surface area contributed by atoms with E-state index in [0.717, 1.165) is 37.8 Å². The molecular weight excluding hydrogens is 420 g/mol. The van der Waals surface area contributed by atoms with Gasteiger partial charge in [-0.2, -0.15) is 0 Å². The Kier molecular flexibility index (Phi) is 6.64. The minimum Gasteiger partial charge on any atom is -0.419 e. The average Bonchev–Trinajstić information content (AvgIpc) is 2.95. The maximum atomic E-state index is 12.9. The first kappa shape index (κ1) is 23.1. The second-order valence-electron chi connectivity index (χ2n) is 8.56. The van der Waals surface area contributed by atoms with Crippen molar-refractivity contribution in [3.8, 4) is 0 Å². The van der Waals surface area contributed by atoms with Crippen molar-refractivity contribution in [2.24, 2.45) is 0 Å². The van der Waals surface area contributed by atoms with Crippen LogP contribution in [0.3, 0.4) is 0 Å². The number of hydrogen-bond donors (Lipinski definition) is 1. The number of carbonyl (C=O) groups excluding carboxylic acids is 2. The van der Waals surface area contributed by atoms with Gasteiger partial charge in [0.15, 0.2) is 15.4 Å². The van der Waals surface area contributed by atoms with Gasteiger partial charge in [0, 0.05) is 38.8 Å². The summed E-state index contributed by atoms with van der Waals surface area (Å²) in [6.07, 6.45) is 5.65. The molecule has 0 spiro atoms. The SMILES string of the molecule is CC(C)S(=O)(=O)c1ccc(N2CCCCCC2)cc1NC=C1C(=O)OC(C)(C)OC1=O. The van der Waals surface area contributed by atoms with Gasteiger partial charge in [-0.15, -0.1) is 0 Å². The van der Waals surface area contributed by atoms with E-state index < -0.39 is 32.8 Å². The van der Waals surface area contributed by atoms with Crippen LogP contribution in [0.2, 0.25) is 0 Å². The molecular formula is C22H30N2O6S. The monoisotopic (exact) mass is 450 g/mol. The Morgan fingerprint density at radius 1 is 1.03 bits per heavy atom. The van der Waals surface area contributed by atoms with Crippen LogP contribution in [-0.4, -0.2) is 44.5 Å². The van der Waals surface area contributed by atoms with Gasteiger partial charge < -0.3 is 19.7 Å². The van der Waals surface area contributed by atoms with Gasteiger partial charge in [-0.3, -0.25) is 0 Å². The summed E-state index contributed by atoms with van der Waals surface area (Å²) in [6.45, 7) is 7.93. The number of sulfone groups is 1. The average molecular weight is 451 g/mol. The van der Waals surface area contributed by atoms with Crippen LogP contribution in [0.4, 0.5) is 11.4 Å². The Morgan fingerprint density at radius 2 is 1.61 bits per heavy atom. The summed E-state index contributed by atoms with van der Waals surface area (Å²) < 4.78 is 36.0. The molecule has 9 heteroatoms. The molecule has 1 aromatic carbocycles. The van der Waals surface area contributed by atoms with Crippen LogP contribution in [0, 0.1) is 0 Å². The van der Waals surface area contributed by atoms with E-state index in [4.69, 9.17) is 9.47 Å². The number of esters is 2. The maximum absolute atomic E-state index is 12.9. The topological polar surface area (TPSA) is 102 Å². The summed E-state index contributed by atoms with van der Waals surface area (Å²) >= 11 is 0. The zero-order chi connectivity index (χ0) is 22.8. The second-order valence-corrected chi connectivity index (χ2v) is 11.0. The highest BCUT2D eigenvalue weighted by atomic mass is 32.2. The summed E-state index contributed by atoms with van der Waals surface area (Å²) in [4.78, 5) is 26.8. The molecule has 0 radical (unpaired) electrons. The summed E-state index contributed by atoms with van der Waals surface area (Å²) in [5.74, 6) is -3.00. The lowest BCUT2D eigenvalue weighted by Gasteiger charge is -2.29. The van der Waals surface area contributed by atoms with Crippen LogP contribution in [0.15, 0.2) is 34.9 Å². The van der Waals surface area contributed by atoms with Crippen LogP contribution in [0.1, 0.15) is 53.4 Å². The molecule has 2 fully saturated rings. The lowest BCUT2D eigenvalue weighted by molar-refractivity contribution is -0.222. The zero-order valence-electron chi connectivity index (χ0n) is 18.4. The van der Waals surface area contributed by atoms with Gasteiger partial charge in [-0.05, 0) is 44.9 Å². The van der Waals surface area contributed by atoms with Gasteiger partial charge in [0.1, 0.15) is 0 Å². The molecule has 0 unspecified atom stereocenters. The van der Waals surface area contributed by atoms with E-state index in [2.05, 4.69) is 10.2 Å². The molecule has 0 aromatic heterocycles. The lowest BCUT2D eigenvalue weighted by Crippen LogP contribution is -2.42. The van der Waals surface area contributed by atoms with Gasteiger partial charge in [-0.25, -0.2) is 18.0 Å². The van der Waals surface area contributed by atoms with Gasteiger partial charge in [0.2, 0.25) is 0 Å². The van der Waals surface area contributed by atoms with Crippen molar-refractivity contribution >= 4 is 33.2 Å². The fourth-order valence-electron chi connectivity index (χ4n) is 3.59. The first-order valence-corrected chi connectivity index (χ1v) is 12.1. The van der Waals surface area contributed by atoms with E-state index in [9.17, 15) is 18.0 Å². The van der Waals surface area contributed by atoms with Crippen molar-refractivity contribution in [1.82, 2.24) is 0 Å². The van der Waals surface area contributed by atoms with E-state index in [-0.39, 0.29) is 10.5 Å². The van der Waals surface area contributed by atoms with E-state index in [1.54, 1.807) is 26.0 Å². The number of rotatable bonds is 5. The fourth-order valence-corrected chi connectivity index (χ4v) is 4.78. The molecule has 0 saturated carbocycles. The molecule has 2 aliphatic heterocycles. The Labute approximate surface area is 183 Å². The predicted molar refractivity (Wildman–Crippen MR) is 117 cm³/mol. The Bertz CT molecular complexity index is 967. The van der Waals surface area contributed by atoms with E-state index in [1.165, 1.54) is 26.7 Å². The predicted octanol–water partition coefficient (Wildman–Crippen LogP) is 3.38. The molecule has 1 N–H and O–H groups in total. The van der Waals surface area contributed by atoms with E-state index in [0.29, 0.717) is 5.69 Å². The van der Waals surface area contributed by atoms with Crippen molar-refractivity contribution in [2.75, 3.05) is 23.3 Å². The van der Waals surface area contributed by atoms with Crippen molar-refractivity contribution in [2.45, 2.75) is 69.3 Å². The van der Waals surface area contributed by atoms with Crippen LogP contribution in [0.25, 0.3) is 0 Å². The molecule has 3 rings (SSSR count).